The van der Waals surface area contributed by atoms with E-state index in [1.54, 1.807) is 31.2 Å². The van der Waals surface area contributed by atoms with Gasteiger partial charge in [0.15, 0.2) is 0 Å². The standard InChI is InChI=1S/C15H12F2N2O2/c1-9-4-2-3-5-12(9)18-14(20)15(21)19-13-7-6-10(16)8-11(13)17/h2-8H,1H3,(H,18,20)(H,19,21). The van der Waals surface area contributed by atoms with Crippen LogP contribution in [0, 0.1) is 18.6 Å². The summed E-state index contributed by atoms with van der Waals surface area (Å²) in [6.45, 7) is 1.77. The van der Waals surface area contributed by atoms with Crippen molar-refractivity contribution in [3.05, 3.63) is 59.7 Å². The molecule has 0 spiro atoms. The fraction of sp³-hybridized carbons (Fsp3) is 0.0667. The minimum atomic E-state index is -1.04. The third-order valence-corrected chi connectivity index (χ3v) is 2.78. The summed E-state index contributed by atoms with van der Waals surface area (Å²) in [6.07, 6.45) is 0. The van der Waals surface area contributed by atoms with Gasteiger partial charge in [-0.05, 0) is 30.7 Å². The summed E-state index contributed by atoms with van der Waals surface area (Å²) in [4.78, 5) is 23.4. The van der Waals surface area contributed by atoms with Gasteiger partial charge in [0.05, 0.1) is 5.69 Å². The highest BCUT2D eigenvalue weighted by atomic mass is 19.1. The number of benzene rings is 2. The maximum atomic E-state index is 13.4. The highest BCUT2D eigenvalue weighted by Gasteiger charge is 2.16. The number of carbonyl (C=O) groups is 2. The van der Waals surface area contributed by atoms with Crippen molar-refractivity contribution in [1.29, 1.82) is 0 Å². The van der Waals surface area contributed by atoms with Crippen molar-refractivity contribution < 1.29 is 18.4 Å². The van der Waals surface area contributed by atoms with E-state index in [1.165, 1.54) is 0 Å². The second kappa shape index (κ2) is 6.13. The molecule has 6 heteroatoms. The first-order valence-electron chi connectivity index (χ1n) is 6.10. The predicted molar refractivity (Wildman–Crippen MR) is 74.8 cm³/mol. The topological polar surface area (TPSA) is 58.2 Å². The highest BCUT2D eigenvalue weighted by Crippen LogP contribution is 2.16. The summed E-state index contributed by atoms with van der Waals surface area (Å²) < 4.78 is 26.1. The van der Waals surface area contributed by atoms with Gasteiger partial charge in [0.25, 0.3) is 0 Å². The minimum absolute atomic E-state index is 0.263. The van der Waals surface area contributed by atoms with Gasteiger partial charge in [0, 0.05) is 11.8 Å². The molecule has 0 aromatic heterocycles. The van der Waals surface area contributed by atoms with Gasteiger partial charge in [0.2, 0.25) is 0 Å². The van der Waals surface area contributed by atoms with Crippen molar-refractivity contribution in [2.24, 2.45) is 0 Å². The average molecular weight is 290 g/mol. The second-order valence-corrected chi connectivity index (χ2v) is 4.35. The van der Waals surface area contributed by atoms with Crippen molar-refractivity contribution >= 4 is 23.2 Å². The Hall–Kier alpha value is -2.76. The third-order valence-electron chi connectivity index (χ3n) is 2.78. The number of hydrogen-bond acceptors (Lipinski definition) is 2. The number of nitrogens with one attached hydrogen (secondary N) is 2. The number of aryl methyl sites for hydroxylation is 1. The molecular weight excluding hydrogens is 278 g/mol. The van der Waals surface area contributed by atoms with E-state index in [9.17, 15) is 18.4 Å². The number of rotatable bonds is 2. The van der Waals surface area contributed by atoms with Crippen molar-refractivity contribution in [1.82, 2.24) is 0 Å². The van der Waals surface area contributed by atoms with E-state index in [0.717, 1.165) is 17.7 Å². The Kier molecular flexibility index (Phi) is 4.27. The van der Waals surface area contributed by atoms with Crippen LogP contribution in [0.3, 0.4) is 0 Å². The number of carbonyl (C=O) groups excluding carboxylic acids is 2. The molecular formula is C15H12F2N2O2. The van der Waals surface area contributed by atoms with E-state index in [1.807, 2.05) is 0 Å². The quantitative estimate of drug-likeness (QED) is 0.836. The Morgan fingerprint density at radius 1 is 0.905 bits per heavy atom. The lowest BCUT2D eigenvalue weighted by Crippen LogP contribution is -2.29. The molecule has 0 saturated carbocycles. The Labute approximate surface area is 119 Å². The van der Waals surface area contributed by atoms with Gasteiger partial charge < -0.3 is 10.6 Å². The molecule has 0 unspecified atom stereocenters. The van der Waals surface area contributed by atoms with E-state index in [4.69, 9.17) is 0 Å². The van der Waals surface area contributed by atoms with Gasteiger partial charge in [-0.3, -0.25) is 9.59 Å². The third kappa shape index (κ3) is 3.62. The fourth-order valence-electron chi connectivity index (χ4n) is 1.66. The Morgan fingerprint density at radius 2 is 1.52 bits per heavy atom. The second-order valence-electron chi connectivity index (χ2n) is 4.35. The van der Waals surface area contributed by atoms with Crippen molar-refractivity contribution in [2.75, 3.05) is 10.6 Å². The molecule has 0 saturated heterocycles. The van der Waals surface area contributed by atoms with Crippen LogP contribution in [-0.2, 0) is 9.59 Å². The van der Waals surface area contributed by atoms with Crippen LogP contribution in [0.2, 0.25) is 0 Å². The number of amides is 2. The van der Waals surface area contributed by atoms with Gasteiger partial charge in [0.1, 0.15) is 11.6 Å². The van der Waals surface area contributed by atoms with Crippen LogP contribution >= 0.6 is 0 Å². The maximum absolute atomic E-state index is 13.4. The number of anilines is 2. The lowest BCUT2D eigenvalue weighted by atomic mass is 10.2. The molecule has 0 fully saturated rings. The molecule has 0 bridgehead atoms. The number of halogens is 2. The molecule has 21 heavy (non-hydrogen) atoms. The molecule has 0 aliphatic heterocycles. The smallest absolute Gasteiger partial charge is 0.314 e. The van der Waals surface area contributed by atoms with Crippen LogP contribution < -0.4 is 10.6 Å². The van der Waals surface area contributed by atoms with Gasteiger partial charge in [-0.1, -0.05) is 18.2 Å². The van der Waals surface area contributed by atoms with E-state index in [2.05, 4.69) is 10.6 Å². The molecule has 2 amide bonds. The molecule has 2 rings (SSSR count). The summed E-state index contributed by atoms with van der Waals surface area (Å²) in [5.74, 6) is -3.70. The van der Waals surface area contributed by atoms with Crippen molar-refractivity contribution in [2.45, 2.75) is 6.92 Å². The van der Waals surface area contributed by atoms with Crippen LogP contribution in [0.1, 0.15) is 5.56 Å². The molecule has 2 aromatic carbocycles. The van der Waals surface area contributed by atoms with Crippen LogP contribution in [0.15, 0.2) is 42.5 Å². The van der Waals surface area contributed by atoms with Crippen LogP contribution in [0.25, 0.3) is 0 Å². The molecule has 2 aromatic rings. The maximum Gasteiger partial charge on any atom is 0.314 e. The zero-order chi connectivity index (χ0) is 15.4. The number of para-hydroxylation sites is 1. The minimum Gasteiger partial charge on any atom is -0.318 e. The van der Waals surface area contributed by atoms with Gasteiger partial charge >= 0.3 is 11.8 Å². The fourth-order valence-corrected chi connectivity index (χ4v) is 1.66. The molecule has 0 aliphatic carbocycles. The van der Waals surface area contributed by atoms with Crippen LogP contribution in [0.5, 0.6) is 0 Å². The van der Waals surface area contributed by atoms with E-state index >= 15 is 0 Å². The van der Waals surface area contributed by atoms with Crippen LogP contribution in [0.4, 0.5) is 20.2 Å². The Balaban J connectivity index is 2.06. The lowest BCUT2D eigenvalue weighted by molar-refractivity contribution is -0.133. The molecule has 0 atom stereocenters. The average Bonchev–Trinajstić information content (AvgIpc) is 2.44. The zero-order valence-corrected chi connectivity index (χ0v) is 11.1. The number of hydrogen-bond donors (Lipinski definition) is 2. The molecule has 4 nitrogen and oxygen atoms in total. The molecule has 108 valence electrons. The molecule has 2 N–H and O–H groups in total. The SMILES string of the molecule is Cc1ccccc1NC(=O)C(=O)Nc1ccc(F)cc1F. The monoisotopic (exact) mass is 290 g/mol. The summed E-state index contributed by atoms with van der Waals surface area (Å²) in [6, 6.07) is 9.56. The largest absolute Gasteiger partial charge is 0.318 e. The van der Waals surface area contributed by atoms with Gasteiger partial charge in [-0.15, -0.1) is 0 Å². The van der Waals surface area contributed by atoms with E-state index in [-0.39, 0.29) is 5.69 Å². The lowest BCUT2D eigenvalue weighted by Gasteiger charge is -2.09. The van der Waals surface area contributed by atoms with Crippen LogP contribution in [-0.4, -0.2) is 11.8 Å². The normalized spacial score (nSPS) is 10.0. The first-order chi connectivity index (χ1) is 9.97. The molecule has 0 aliphatic rings. The first kappa shape index (κ1) is 14.6. The van der Waals surface area contributed by atoms with E-state index in [0.29, 0.717) is 11.8 Å². The van der Waals surface area contributed by atoms with Crippen molar-refractivity contribution in [3.8, 4) is 0 Å². The summed E-state index contributed by atoms with van der Waals surface area (Å²) in [5, 5.41) is 4.50. The summed E-state index contributed by atoms with van der Waals surface area (Å²) >= 11 is 0. The first-order valence-corrected chi connectivity index (χ1v) is 6.10. The summed E-state index contributed by atoms with van der Waals surface area (Å²) in [5.41, 5.74) is 1.00. The summed E-state index contributed by atoms with van der Waals surface area (Å²) in [7, 11) is 0. The highest BCUT2D eigenvalue weighted by molar-refractivity contribution is 6.43. The van der Waals surface area contributed by atoms with Crippen molar-refractivity contribution in [3.63, 3.8) is 0 Å². The van der Waals surface area contributed by atoms with E-state index < -0.39 is 23.4 Å². The Morgan fingerprint density at radius 3 is 2.14 bits per heavy atom. The zero-order valence-electron chi connectivity index (χ0n) is 11.1. The Bertz CT molecular complexity index is 702. The van der Waals surface area contributed by atoms with Gasteiger partial charge in [-0.2, -0.15) is 0 Å². The molecule has 0 heterocycles. The van der Waals surface area contributed by atoms with Gasteiger partial charge in [-0.25, -0.2) is 8.78 Å². The molecule has 0 radical (unpaired) electrons. The predicted octanol–water partition coefficient (Wildman–Crippen LogP) is 2.85.